The lowest BCUT2D eigenvalue weighted by atomic mass is 10.1. The van der Waals surface area contributed by atoms with Crippen LogP contribution in [0.4, 0.5) is 5.69 Å². The van der Waals surface area contributed by atoms with E-state index in [1.807, 2.05) is 20.9 Å². The maximum Gasteiger partial charge on any atom is 0.261 e. The second-order valence-electron chi connectivity index (χ2n) is 8.22. The fourth-order valence-electron chi connectivity index (χ4n) is 3.56. The number of benzene rings is 2. The summed E-state index contributed by atoms with van der Waals surface area (Å²) < 4.78 is 44.7. The molecule has 2 aromatic rings. The van der Waals surface area contributed by atoms with Gasteiger partial charge in [0.25, 0.3) is 15.9 Å². The number of rotatable bonds is 12. The molecule has 0 saturated heterocycles. The second kappa shape index (κ2) is 11.0. The largest absolute Gasteiger partial charge is 0.494 e. The molecule has 0 heterocycles. The summed E-state index contributed by atoms with van der Waals surface area (Å²) in [7, 11) is 0.956. The molecule has 0 aromatic heterocycles. The molecule has 1 aliphatic rings. The summed E-state index contributed by atoms with van der Waals surface area (Å²) in [4.78, 5) is 15.4. The van der Waals surface area contributed by atoms with Crippen LogP contribution in [-0.2, 0) is 10.0 Å². The molecular formula is C24H33N3O6S. The van der Waals surface area contributed by atoms with Crippen LogP contribution in [0, 0.1) is 0 Å². The number of likely N-dealkylation sites (N-methyl/N-ethyl adjacent to an activating group) is 1. The number of sulfonamides is 1. The molecule has 2 N–H and O–H groups in total. The predicted octanol–water partition coefficient (Wildman–Crippen LogP) is 3.12. The van der Waals surface area contributed by atoms with Gasteiger partial charge >= 0.3 is 0 Å². The van der Waals surface area contributed by atoms with Crippen molar-refractivity contribution < 1.29 is 27.4 Å². The van der Waals surface area contributed by atoms with Crippen LogP contribution < -0.4 is 24.2 Å². The van der Waals surface area contributed by atoms with Gasteiger partial charge in [0, 0.05) is 24.7 Å². The minimum atomic E-state index is -3.98. The van der Waals surface area contributed by atoms with Crippen molar-refractivity contribution in [1.82, 2.24) is 10.2 Å². The molecule has 0 radical (unpaired) electrons. The van der Waals surface area contributed by atoms with E-state index in [4.69, 9.17) is 14.2 Å². The Kier molecular flexibility index (Phi) is 8.27. The first kappa shape index (κ1) is 25.6. The van der Waals surface area contributed by atoms with Crippen molar-refractivity contribution in [2.24, 2.45) is 0 Å². The van der Waals surface area contributed by atoms with E-state index in [2.05, 4.69) is 14.9 Å². The molecule has 1 fully saturated rings. The summed E-state index contributed by atoms with van der Waals surface area (Å²) in [6.07, 6.45) is 2.34. The number of anilines is 1. The zero-order chi connectivity index (χ0) is 24.9. The van der Waals surface area contributed by atoms with Crippen molar-refractivity contribution in [1.29, 1.82) is 0 Å². The van der Waals surface area contributed by atoms with Crippen LogP contribution in [0.1, 0.15) is 37.0 Å². The summed E-state index contributed by atoms with van der Waals surface area (Å²) in [6, 6.07) is 9.67. The number of amides is 1. The molecule has 3 rings (SSSR count). The first-order chi connectivity index (χ1) is 16.2. The second-order valence-corrected chi connectivity index (χ2v) is 9.90. The number of hydrogen-bond donors (Lipinski definition) is 2. The number of hydrogen-bond acceptors (Lipinski definition) is 7. The van der Waals surface area contributed by atoms with E-state index in [9.17, 15) is 13.2 Å². The molecule has 1 amide bonds. The number of carbonyl (C=O) groups excluding carboxylic acids is 1. The van der Waals surface area contributed by atoms with Crippen molar-refractivity contribution in [2.45, 2.75) is 43.7 Å². The smallest absolute Gasteiger partial charge is 0.261 e. The summed E-state index contributed by atoms with van der Waals surface area (Å²) in [6.45, 7) is 4.79. The number of nitrogens with one attached hydrogen (secondary N) is 2. The molecule has 1 aliphatic carbocycles. The molecule has 186 valence electrons. The monoisotopic (exact) mass is 491 g/mol. The minimum absolute atomic E-state index is 0.0387. The van der Waals surface area contributed by atoms with Crippen molar-refractivity contribution in [3.63, 3.8) is 0 Å². The van der Waals surface area contributed by atoms with Crippen LogP contribution in [0.15, 0.2) is 41.3 Å². The maximum absolute atomic E-state index is 13.1. The third kappa shape index (κ3) is 6.12. The van der Waals surface area contributed by atoms with Crippen molar-refractivity contribution >= 4 is 21.6 Å². The van der Waals surface area contributed by atoms with Crippen LogP contribution in [-0.4, -0.2) is 65.7 Å². The molecule has 10 heteroatoms. The highest BCUT2D eigenvalue weighted by Crippen LogP contribution is 2.34. The van der Waals surface area contributed by atoms with Gasteiger partial charge in [0.2, 0.25) is 0 Å². The van der Waals surface area contributed by atoms with Gasteiger partial charge in [-0.2, -0.15) is 0 Å². The van der Waals surface area contributed by atoms with Gasteiger partial charge in [-0.1, -0.05) is 0 Å². The Labute approximate surface area is 201 Å². The highest BCUT2D eigenvalue weighted by Gasteiger charge is 2.29. The van der Waals surface area contributed by atoms with Gasteiger partial charge in [-0.25, -0.2) is 8.42 Å². The number of ether oxygens (including phenoxy) is 3. The Balaban J connectivity index is 1.86. The Morgan fingerprint density at radius 3 is 2.29 bits per heavy atom. The molecule has 0 spiro atoms. The lowest BCUT2D eigenvalue weighted by Crippen LogP contribution is -2.41. The van der Waals surface area contributed by atoms with Gasteiger partial charge in [-0.3, -0.25) is 14.4 Å². The molecule has 2 aromatic carbocycles. The number of methoxy groups -OCH3 is 2. The van der Waals surface area contributed by atoms with E-state index in [1.165, 1.54) is 51.3 Å². The molecule has 0 bridgehead atoms. The molecule has 1 unspecified atom stereocenters. The van der Waals surface area contributed by atoms with Gasteiger partial charge in [0.1, 0.15) is 5.75 Å². The number of nitrogens with zero attached hydrogens (tertiary/aromatic N) is 1. The minimum Gasteiger partial charge on any atom is -0.494 e. The Bertz CT molecular complexity index is 1100. The first-order valence-electron chi connectivity index (χ1n) is 11.2. The lowest BCUT2D eigenvalue weighted by molar-refractivity contribution is 0.0940. The van der Waals surface area contributed by atoms with Gasteiger partial charge in [-0.05, 0) is 64.1 Å². The average molecular weight is 492 g/mol. The van der Waals surface area contributed by atoms with Crippen LogP contribution >= 0.6 is 0 Å². The van der Waals surface area contributed by atoms with Crippen molar-refractivity contribution in [3.8, 4) is 17.2 Å². The van der Waals surface area contributed by atoms with E-state index in [0.29, 0.717) is 36.4 Å². The Hall–Kier alpha value is -2.98. The summed E-state index contributed by atoms with van der Waals surface area (Å²) >= 11 is 0. The Morgan fingerprint density at radius 1 is 1.12 bits per heavy atom. The van der Waals surface area contributed by atoms with Gasteiger partial charge in [-0.15, -0.1) is 0 Å². The van der Waals surface area contributed by atoms with Gasteiger partial charge in [0.15, 0.2) is 11.5 Å². The van der Waals surface area contributed by atoms with E-state index in [0.717, 1.165) is 0 Å². The molecule has 34 heavy (non-hydrogen) atoms. The summed E-state index contributed by atoms with van der Waals surface area (Å²) in [5.41, 5.74) is 0.223. The summed E-state index contributed by atoms with van der Waals surface area (Å²) in [5.74, 6) is 0.768. The standard InChI is InChI=1S/C24H33N3O6S/c1-6-33-18-9-11-19(12-10-18)34(29,30)26-21-14-23(32-5)22(31-4)13-20(21)24(28)25-15-16(2)27(3)17-7-8-17/h9-14,16-17,26H,6-8,15H2,1-5H3,(H,25,28). The Morgan fingerprint density at radius 2 is 1.74 bits per heavy atom. The quantitative estimate of drug-likeness (QED) is 0.470. The van der Waals surface area contributed by atoms with Gasteiger partial charge < -0.3 is 19.5 Å². The molecular weight excluding hydrogens is 458 g/mol. The maximum atomic E-state index is 13.1. The molecule has 0 aliphatic heterocycles. The normalized spacial score (nSPS) is 14.4. The van der Waals surface area contributed by atoms with Crippen molar-refractivity contribution in [2.75, 3.05) is 39.1 Å². The van der Waals surface area contributed by atoms with E-state index in [1.54, 1.807) is 12.1 Å². The third-order valence-corrected chi connectivity index (χ3v) is 7.22. The number of carbonyl (C=O) groups is 1. The average Bonchev–Trinajstić information content (AvgIpc) is 3.67. The van der Waals surface area contributed by atoms with E-state index < -0.39 is 15.9 Å². The lowest BCUT2D eigenvalue weighted by Gasteiger charge is -2.25. The molecule has 1 saturated carbocycles. The zero-order valence-electron chi connectivity index (χ0n) is 20.3. The van der Waals surface area contributed by atoms with Crippen LogP contribution in [0.25, 0.3) is 0 Å². The van der Waals surface area contributed by atoms with E-state index in [-0.39, 0.29) is 22.2 Å². The van der Waals surface area contributed by atoms with Crippen LogP contribution in [0.5, 0.6) is 17.2 Å². The predicted molar refractivity (Wildman–Crippen MR) is 131 cm³/mol. The SMILES string of the molecule is CCOc1ccc(S(=O)(=O)Nc2cc(OC)c(OC)cc2C(=O)NCC(C)N(C)C2CC2)cc1. The zero-order valence-corrected chi connectivity index (χ0v) is 21.1. The highest BCUT2D eigenvalue weighted by atomic mass is 32.2. The highest BCUT2D eigenvalue weighted by molar-refractivity contribution is 7.92. The fraction of sp³-hybridized carbons (Fsp3) is 0.458. The van der Waals surface area contributed by atoms with Crippen molar-refractivity contribution in [3.05, 3.63) is 42.0 Å². The van der Waals surface area contributed by atoms with Gasteiger partial charge in [0.05, 0.1) is 37.0 Å². The summed E-state index contributed by atoms with van der Waals surface area (Å²) in [5, 5.41) is 2.91. The molecule has 1 atom stereocenters. The third-order valence-electron chi connectivity index (χ3n) is 5.83. The first-order valence-corrected chi connectivity index (χ1v) is 12.7. The fourth-order valence-corrected chi connectivity index (χ4v) is 4.63. The van der Waals surface area contributed by atoms with Crippen LogP contribution in [0.3, 0.4) is 0 Å². The van der Waals surface area contributed by atoms with E-state index >= 15 is 0 Å². The topological polar surface area (TPSA) is 106 Å². The molecule has 9 nitrogen and oxygen atoms in total. The van der Waals surface area contributed by atoms with Crippen LogP contribution in [0.2, 0.25) is 0 Å².